The Balaban J connectivity index is 2.42. The molecule has 0 spiro atoms. The molecule has 0 saturated carbocycles. The van der Waals surface area contributed by atoms with Gasteiger partial charge in [-0.1, -0.05) is 0 Å². The molecule has 10 nitrogen and oxygen atoms in total. The number of rotatable bonds is 6. The van der Waals surface area contributed by atoms with E-state index in [9.17, 15) is 38.5 Å². The standard InChI is InChI=1S/C13H12F3N5O5/c1-19-6-7(4-18-19)11(22)5-17-12-9(20(23)24)2-8(13(14,15)16)3-10(12)21(25)26/h2-4,6,11,17,22H,5H2,1H3. The summed E-state index contributed by atoms with van der Waals surface area (Å²) in [6.07, 6.45) is -3.49. The largest absolute Gasteiger partial charge is 0.416 e. The van der Waals surface area contributed by atoms with Crippen molar-refractivity contribution in [2.75, 3.05) is 11.9 Å². The van der Waals surface area contributed by atoms with Crippen molar-refractivity contribution in [1.82, 2.24) is 9.78 Å². The van der Waals surface area contributed by atoms with Gasteiger partial charge in [0.15, 0.2) is 5.69 Å². The maximum Gasteiger partial charge on any atom is 0.416 e. The fourth-order valence-electron chi connectivity index (χ4n) is 2.17. The van der Waals surface area contributed by atoms with Gasteiger partial charge in [0, 0.05) is 37.5 Å². The van der Waals surface area contributed by atoms with E-state index in [0.29, 0.717) is 5.56 Å². The van der Waals surface area contributed by atoms with Gasteiger partial charge in [0.05, 0.1) is 27.7 Å². The molecule has 0 bridgehead atoms. The van der Waals surface area contributed by atoms with Crippen molar-refractivity contribution in [3.05, 3.63) is 55.9 Å². The first-order valence-corrected chi connectivity index (χ1v) is 6.95. The summed E-state index contributed by atoms with van der Waals surface area (Å²) < 4.78 is 39.9. The molecule has 1 heterocycles. The SMILES string of the molecule is Cn1cc(C(O)CNc2c([N+](=O)[O-])cc(C(F)(F)F)cc2[N+](=O)[O-])cn1. The van der Waals surface area contributed by atoms with E-state index in [1.807, 2.05) is 0 Å². The summed E-state index contributed by atoms with van der Waals surface area (Å²) in [7, 11) is 1.58. The second-order valence-electron chi connectivity index (χ2n) is 5.25. The molecule has 0 aliphatic rings. The van der Waals surface area contributed by atoms with Crippen molar-refractivity contribution in [3.63, 3.8) is 0 Å². The van der Waals surface area contributed by atoms with Gasteiger partial charge in [-0.2, -0.15) is 18.3 Å². The summed E-state index contributed by atoms with van der Waals surface area (Å²) in [4.78, 5) is 19.9. The Morgan fingerprint density at radius 3 is 2.19 bits per heavy atom. The van der Waals surface area contributed by atoms with Gasteiger partial charge >= 0.3 is 6.18 Å². The predicted molar refractivity (Wildman–Crippen MR) is 81.4 cm³/mol. The van der Waals surface area contributed by atoms with Crippen LogP contribution in [0.1, 0.15) is 17.2 Å². The zero-order valence-corrected chi connectivity index (χ0v) is 13.1. The van der Waals surface area contributed by atoms with E-state index in [-0.39, 0.29) is 12.1 Å². The molecular weight excluding hydrogens is 363 g/mol. The Morgan fingerprint density at radius 1 is 1.27 bits per heavy atom. The monoisotopic (exact) mass is 375 g/mol. The third-order valence-electron chi connectivity index (χ3n) is 3.40. The van der Waals surface area contributed by atoms with Gasteiger partial charge in [-0.25, -0.2) is 0 Å². The van der Waals surface area contributed by atoms with Gasteiger partial charge in [-0.15, -0.1) is 0 Å². The Morgan fingerprint density at radius 2 is 1.81 bits per heavy atom. The summed E-state index contributed by atoms with van der Waals surface area (Å²) in [5.41, 5.74) is -4.17. The maximum atomic E-state index is 12.8. The molecule has 0 aliphatic heterocycles. The minimum absolute atomic E-state index is 0.200. The van der Waals surface area contributed by atoms with Crippen LogP contribution >= 0.6 is 0 Å². The number of aromatic nitrogens is 2. The third-order valence-corrected chi connectivity index (χ3v) is 3.40. The van der Waals surface area contributed by atoms with Crippen LogP contribution in [-0.2, 0) is 13.2 Å². The first-order valence-electron chi connectivity index (χ1n) is 6.95. The number of nitrogens with one attached hydrogen (secondary N) is 1. The summed E-state index contributed by atoms with van der Waals surface area (Å²) >= 11 is 0. The minimum Gasteiger partial charge on any atom is -0.386 e. The highest BCUT2D eigenvalue weighted by Crippen LogP contribution is 2.41. The van der Waals surface area contributed by atoms with Crippen LogP contribution in [0.15, 0.2) is 24.5 Å². The number of halogens is 3. The summed E-state index contributed by atoms with van der Waals surface area (Å²) in [5, 5.41) is 38.3. The van der Waals surface area contributed by atoms with Crippen LogP contribution in [0.2, 0.25) is 0 Å². The molecule has 1 atom stereocenters. The first-order chi connectivity index (χ1) is 12.0. The van der Waals surface area contributed by atoms with Crippen LogP contribution in [0.4, 0.5) is 30.2 Å². The van der Waals surface area contributed by atoms with Crippen molar-refractivity contribution in [2.24, 2.45) is 7.05 Å². The van der Waals surface area contributed by atoms with E-state index < -0.39 is 51.3 Å². The van der Waals surface area contributed by atoms with E-state index in [2.05, 4.69) is 10.4 Å². The number of alkyl halides is 3. The van der Waals surface area contributed by atoms with Crippen molar-refractivity contribution >= 4 is 17.1 Å². The van der Waals surface area contributed by atoms with Crippen LogP contribution in [0, 0.1) is 20.2 Å². The van der Waals surface area contributed by atoms with Crippen molar-refractivity contribution in [3.8, 4) is 0 Å². The summed E-state index contributed by atoms with van der Waals surface area (Å²) in [5.74, 6) is 0. The van der Waals surface area contributed by atoms with E-state index in [0.717, 1.165) is 0 Å². The second-order valence-corrected chi connectivity index (χ2v) is 5.25. The highest BCUT2D eigenvalue weighted by molar-refractivity contribution is 5.75. The van der Waals surface area contributed by atoms with Crippen molar-refractivity contribution in [1.29, 1.82) is 0 Å². The minimum atomic E-state index is -5.00. The number of aryl methyl sites for hydroxylation is 1. The van der Waals surface area contributed by atoms with Gasteiger partial charge < -0.3 is 10.4 Å². The molecule has 0 radical (unpaired) electrons. The average molecular weight is 375 g/mol. The third kappa shape index (κ3) is 4.05. The highest BCUT2D eigenvalue weighted by atomic mass is 19.4. The summed E-state index contributed by atoms with van der Waals surface area (Å²) in [6.45, 7) is -0.418. The van der Waals surface area contributed by atoms with E-state index >= 15 is 0 Å². The Hall–Kier alpha value is -3.22. The summed E-state index contributed by atoms with van der Waals surface area (Å²) in [6, 6.07) is 0.400. The Kier molecular flexibility index (Phi) is 5.11. The molecule has 1 aromatic heterocycles. The Labute approximate surface area is 143 Å². The fourth-order valence-corrected chi connectivity index (χ4v) is 2.17. The quantitative estimate of drug-likeness (QED) is 0.584. The molecule has 0 amide bonds. The molecule has 2 rings (SSSR count). The Bertz CT molecular complexity index is 816. The number of nitrogens with zero attached hydrogens (tertiary/aromatic N) is 4. The smallest absolute Gasteiger partial charge is 0.386 e. The normalized spacial score (nSPS) is 12.7. The molecule has 0 fully saturated rings. The van der Waals surface area contributed by atoms with E-state index in [1.165, 1.54) is 17.1 Å². The lowest BCUT2D eigenvalue weighted by molar-refractivity contribution is -0.392. The van der Waals surface area contributed by atoms with Gasteiger partial charge in [0.1, 0.15) is 0 Å². The molecule has 26 heavy (non-hydrogen) atoms. The van der Waals surface area contributed by atoms with Gasteiger partial charge in [-0.3, -0.25) is 24.9 Å². The molecule has 140 valence electrons. The number of hydrogen-bond acceptors (Lipinski definition) is 7. The molecule has 1 unspecified atom stereocenters. The van der Waals surface area contributed by atoms with Gasteiger partial charge in [0.25, 0.3) is 11.4 Å². The molecule has 0 saturated heterocycles. The van der Waals surface area contributed by atoms with Gasteiger partial charge in [-0.05, 0) is 0 Å². The molecule has 2 aromatic rings. The topological polar surface area (TPSA) is 136 Å². The molecule has 2 N–H and O–H groups in total. The number of nitro benzene ring substituents is 2. The van der Waals surface area contributed by atoms with Crippen molar-refractivity contribution in [2.45, 2.75) is 12.3 Å². The fraction of sp³-hybridized carbons (Fsp3) is 0.308. The first kappa shape index (κ1) is 19.1. The van der Waals surface area contributed by atoms with E-state index in [1.54, 1.807) is 7.05 Å². The number of benzene rings is 1. The average Bonchev–Trinajstić information content (AvgIpc) is 2.97. The van der Waals surface area contributed by atoms with Crippen LogP contribution in [0.5, 0.6) is 0 Å². The van der Waals surface area contributed by atoms with Crippen LogP contribution in [0.25, 0.3) is 0 Å². The number of hydrogen-bond donors (Lipinski definition) is 2. The zero-order valence-electron chi connectivity index (χ0n) is 13.1. The molecule has 0 aliphatic carbocycles. The highest BCUT2D eigenvalue weighted by Gasteiger charge is 2.37. The van der Waals surface area contributed by atoms with Gasteiger partial charge in [0.2, 0.25) is 0 Å². The lowest BCUT2D eigenvalue weighted by Gasteiger charge is -2.13. The lowest BCUT2D eigenvalue weighted by Crippen LogP contribution is -2.15. The van der Waals surface area contributed by atoms with Crippen molar-refractivity contribution < 1.29 is 28.1 Å². The lowest BCUT2D eigenvalue weighted by atomic mass is 10.1. The molecular formula is C13H12F3N5O5. The van der Waals surface area contributed by atoms with Crippen LogP contribution in [0.3, 0.4) is 0 Å². The van der Waals surface area contributed by atoms with Crippen LogP contribution < -0.4 is 5.32 Å². The predicted octanol–water partition coefficient (Wildman–Crippen LogP) is 2.40. The molecule has 13 heteroatoms. The van der Waals surface area contributed by atoms with Crippen LogP contribution in [-0.4, -0.2) is 31.3 Å². The zero-order chi connectivity index (χ0) is 19.6. The number of nitro groups is 2. The second kappa shape index (κ2) is 6.95. The van der Waals surface area contributed by atoms with E-state index in [4.69, 9.17) is 0 Å². The number of aliphatic hydroxyl groups is 1. The molecule has 1 aromatic carbocycles. The maximum absolute atomic E-state index is 12.8. The number of anilines is 1. The number of aliphatic hydroxyl groups excluding tert-OH is 1.